The Morgan fingerprint density at radius 1 is 1.13 bits per heavy atom. The quantitative estimate of drug-likeness (QED) is 0.621. The number of carbonyl (C=O) groups excluding carboxylic acids is 2. The van der Waals surface area contributed by atoms with Crippen molar-refractivity contribution in [1.82, 2.24) is 10.9 Å². The predicted molar refractivity (Wildman–Crippen MR) is 85.9 cm³/mol. The molecule has 0 saturated heterocycles. The Labute approximate surface area is 135 Å². The lowest BCUT2D eigenvalue weighted by molar-refractivity contribution is -0.132. The number of rotatable bonds is 6. The van der Waals surface area contributed by atoms with E-state index < -0.39 is 5.91 Å². The van der Waals surface area contributed by atoms with E-state index in [1.54, 1.807) is 18.2 Å². The van der Waals surface area contributed by atoms with Crippen LogP contribution in [-0.2, 0) is 9.59 Å². The molecule has 1 atom stereocenters. The number of para-hydroxylation sites is 2. The van der Waals surface area contributed by atoms with Gasteiger partial charge in [0.1, 0.15) is 0 Å². The summed E-state index contributed by atoms with van der Waals surface area (Å²) in [5, 5.41) is 0. The van der Waals surface area contributed by atoms with Crippen LogP contribution in [0, 0.1) is 5.92 Å². The summed E-state index contributed by atoms with van der Waals surface area (Å²) in [5.41, 5.74) is 4.82. The lowest BCUT2D eigenvalue weighted by atomic mass is 9.94. The summed E-state index contributed by atoms with van der Waals surface area (Å²) in [6.45, 7) is 2.19. The molecule has 1 aromatic rings. The zero-order chi connectivity index (χ0) is 16.5. The van der Waals surface area contributed by atoms with Crippen LogP contribution >= 0.6 is 0 Å². The van der Waals surface area contributed by atoms with Crippen molar-refractivity contribution in [1.29, 1.82) is 0 Å². The van der Waals surface area contributed by atoms with Gasteiger partial charge >= 0.3 is 0 Å². The second-order valence-electron chi connectivity index (χ2n) is 5.19. The number of nitrogens with one attached hydrogen (secondary N) is 2. The summed E-state index contributed by atoms with van der Waals surface area (Å²) in [6, 6.07) is 7.13. The van der Waals surface area contributed by atoms with Crippen molar-refractivity contribution in [2.45, 2.75) is 26.2 Å². The molecule has 0 radical (unpaired) electrons. The Balaban J connectivity index is 1.75. The molecule has 0 aliphatic heterocycles. The highest BCUT2D eigenvalue weighted by molar-refractivity contribution is 5.84. The Kier molecular flexibility index (Phi) is 6.47. The number of hydrogen-bond acceptors (Lipinski definition) is 4. The van der Waals surface area contributed by atoms with Gasteiger partial charge in [-0.25, -0.2) is 0 Å². The molecule has 0 aromatic heterocycles. The van der Waals surface area contributed by atoms with Crippen molar-refractivity contribution < 1.29 is 19.1 Å². The molecule has 1 aliphatic carbocycles. The molecule has 23 heavy (non-hydrogen) atoms. The second kappa shape index (κ2) is 8.82. The first-order chi connectivity index (χ1) is 11.2. The van der Waals surface area contributed by atoms with E-state index in [4.69, 9.17) is 9.47 Å². The topological polar surface area (TPSA) is 76.7 Å². The molecule has 0 saturated carbocycles. The highest BCUT2D eigenvalue weighted by Gasteiger charge is 2.19. The summed E-state index contributed by atoms with van der Waals surface area (Å²) in [7, 11) is 0. The minimum atomic E-state index is -0.420. The highest BCUT2D eigenvalue weighted by Crippen LogP contribution is 2.26. The molecule has 1 aromatic carbocycles. The van der Waals surface area contributed by atoms with E-state index in [1.165, 1.54) is 0 Å². The van der Waals surface area contributed by atoms with Crippen LogP contribution in [0.15, 0.2) is 36.4 Å². The maximum Gasteiger partial charge on any atom is 0.276 e. The molecular formula is C17H22N2O4. The largest absolute Gasteiger partial charge is 0.490 e. The van der Waals surface area contributed by atoms with Gasteiger partial charge in [0.2, 0.25) is 5.91 Å². The first-order valence-corrected chi connectivity index (χ1v) is 7.79. The van der Waals surface area contributed by atoms with Crippen molar-refractivity contribution in [3.63, 3.8) is 0 Å². The molecule has 0 spiro atoms. The minimum Gasteiger partial charge on any atom is -0.490 e. The molecule has 0 heterocycles. The number of hydrogen-bond donors (Lipinski definition) is 2. The van der Waals surface area contributed by atoms with Gasteiger partial charge in [0.15, 0.2) is 18.1 Å². The first kappa shape index (κ1) is 16.9. The highest BCUT2D eigenvalue weighted by atomic mass is 16.5. The zero-order valence-electron chi connectivity index (χ0n) is 13.2. The van der Waals surface area contributed by atoms with E-state index in [9.17, 15) is 9.59 Å². The van der Waals surface area contributed by atoms with E-state index in [2.05, 4.69) is 16.9 Å². The third-order valence-electron chi connectivity index (χ3n) is 3.47. The third kappa shape index (κ3) is 5.32. The third-order valence-corrected chi connectivity index (χ3v) is 3.47. The smallest absolute Gasteiger partial charge is 0.276 e. The minimum absolute atomic E-state index is 0.0834. The molecular weight excluding hydrogens is 296 g/mol. The van der Waals surface area contributed by atoms with E-state index in [-0.39, 0.29) is 18.4 Å². The van der Waals surface area contributed by atoms with Crippen molar-refractivity contribution in [2.24, 2.45) is 5.92 Å². The Hall–Kier alpha value is -2.50. The maximum absolute atomic E-state index is 11.9. The molecule has 0 bridgehead atoms. The summed E-state index contributed by atoms with van der Waals surface area (Å²) in [6.07, 6.45) is 6.45. The van der Waals surface area contributed by atoms with Gasteiger partial charge in [0.25, 0.3) is 5.91 Å². The maximum atomic E-state index is 11.9. The Morgan fingerprint density at radius 2 is 1.87 bits per heavy atom. The molecule has 1 aliphatic rings. The monoisotopic (exact) mass is 318 g/mol. The molecule has 6 heteroatoms. The lowest BCUT2D eigenvalue weighted by Gasteiger charge is -2.17. The molecule has 2 rings (SSSR count). The van der Waals surface area contributed by atoms with Crippen LogP contribution in [0.2, 0.25) is 0 Å². The second-order valence-corrected chi connectivity index (χ2v) is 5.19. The van der Waals surface area contributed by atoms with E-state index in [0.717, 1.165) is 12.8 Å². The van der Waals surface area contributed by atoms with Crippen molar-refractivity contribution in [3.05, 3.63) is 36.4 Å². The fraction of sp³-hybridized carbons (Fsp3) is 0.412. The van der Waals surface area contributed by atoms with E-state index in [0.29, 0.717) is 24.5 Å². The SMILES string of the molecule is CCOc1ccccc1OCC(=O)NNC(=O)C1CC=CCC1. The van der Waals surface area contributed by atoms with Crippen LogP contribution in [0.4, 0.5) is 0 Å². The van der Waals surface area contributed by atoms with Crippen LogP contribution in [-0.4, -0.2) is 25.0 Å². The van der Waals surface area contributed by atoms with E-state index >= 15 is 0 Å². The fourth-order valence-electron chi connectivity index (χ4n) is 2.29. The molecule has 0 fully saturated rings. The summed E-state index contributed by atoms with van der Waals surface area (Å²) >= 11 is 0. The van der Waals surface area contributed by atoms with Gasteiger partial charge in [-0.1, -0.05) is 24.3 Å². The van der Waals surface area contributed by atoms with Crippen LogP contribution in [0.25, 0.3) is 0 Å². The van der Waals surface area contributed by atoms with Gasteiger partial charge in [0.05, 0.1) is 6.61 Å². The standard InChI is InChI=1S/C17H22N2O4/c1-2-22-14-10-6-7-11-15(14)23-12-16(20)18-19-17(21)13-8-4-3-5-9-13/h3-4,6-7,10-11,13H,2,5,8-9,12H2,1H3,(H,18,20)(H,19,21). The number of benzene rings is 1. The molecule has 6 nitrogen and oxygen atoms in total. The van der Waals surface area contributed by atoms with Gasteiger partial charge in [-0.2, -0.15) is 0 Å². The number of carbonyl (C=O) groups is 2. The van der Waals surface area contributed by atoms with Gasteiger partial charge in [0, 0.05) is 5.92 Å². The molecule has 1 unspecified atom stereocenters. The van der Waals surface area contributed by atoms with Crippen molar-refractivity contribution in [3.8, 4) is 11.5 Å². The van der Waals surface area contributed by atoms with Gasteiger partial charge in [-0.3, -0.25) is 20.4 Å². The van der Waals surface area contributed by atoms with Gasteiger partial charge < -0.3 is 9.47 Å². The van der Waals surface area contributed by atoms with Crippen molar-refractivity contribution >= 4 is 11.8 Å². The average Bonchev–Trinajstić information content (AvgIpc) is 2.60. The van der Waals surface area contributed by atoms with Crippen molar-refractivity contribution in [2.75, 3.05) is 13.2 Å². The Morgan fingerprint density at radius 3 is 2.52 bits per heavy atom. The molecule has 124 valence electrons. The summed E-state index contributed by atoms with van der Waals surface area (Å²) in [5.74, 6) is 0.405. The van der Waals surface area contributed by atoms with E-state index in [1.807, 2.05) is 19.1 Å². The summed E-state index contributed by atoms with van der Waals surface area (Å²) < 4.78 is 10.8. The first-order valence-electron chi connectivity index (χ1n) is 7.79. The van der Waals surface area contributed by atoms with Gasteiger partial charge in [-0.15, -0.1) is 0 Å². The van der Waals surface area contributed by atoms with Crippen LogP contribution < -0.4 is 20.3 Å². The number of ether oxygens (including phenoxy) is 2. The average molecular weight is 318 g/mol. The zero-order valence-corrected chi connectivity index (χ0v) is 13.2. The Bertz CT molecular complexity index is 571. The fourth-order valence-corrected chi connectivity index (χ4v) is 2.29. The van der Waals surface area contributed by atoms with Gasteiger partial charge in [-0.05, 0) is 38.3 Å². The number of amides is 2. The lowest BCUT2D eigenvalue weighted by Crippen LogP contribution is -2.46. The van der Waals surface area contributed by atoms with Crippen LogP contribution in [0.1, 0.15) is 26.2 Å². The molecule has 2 amide bonds. The predicted octanol–water partition coefficient (Wildman–Crippen LogP) is 1.97. The number of hydrazine groups is 1. The normalized spacial score (nSPS) is 16.5. The number of allylic oxidation sites excluding steroid dienone is 2. The van der Waals surface area contributed by atoms with Crippen LogP contribution in [0.3, 0.4) is 0 Å². The summed E-state index contributed by atoms with van der Waals surface area (Å²) in [4.78, 5) is 23.7. The molecule has 2 N–H and O–H groups in total. The van der Waals surface area contributed by atoms with Crippen LogP contribution in [0.5, 0.6) is 11.5 Å².